The largest absolute Gasteiger partial charge is 0.321 e. The number of halogens is 1. The number of aliphatic imine (C=N–C) groups is 1. The lowest BCUT2D eigenvalue weighted by molar-refractivity contribution is -0.115. The number of hydrogen-bond acceptors (Lipinski definition) is 4. The van der Waals surface area contributed by atoms with Crippen LogP contribution in [0.3, 0.4) is 0 Å². The van der Waals surface area contributed by atoms with Crippen molar-refractivity contribution in [3.8, 4) is 0 Å². The van der Waals surface area contributed by atoms with Gasteiger partial charge in [-0.2, -0.15) is 0 Å². The first kappa shape index (κ1) is 16.7. The number of amides is 1. The zero-order chi connectivity index (χ0) is 18.9. The molecule has 1 aromatic heterocycles. The fourth-order valence-electron chi connectivity index (χ4n) is 6.15. The van der Waals surface area contributed by atoms with Crippen molar-refractivity contribution in [2.24, 2.45) is 16.8 Å². The highest BCUT2D eigenvalue weighted by atomic mass is 32.1. The van der Waals surface area contributed by atoms with Gasteiger partial charge in [-0.25, -0.2) is 14.4 Å². The summed E-state index contributed by atoms with van der Waals surface area (Å²) in [4.78, 5) is 21.6. The number of thiazole rings is 1. The van der Waals surface area contributed by atoms with E-state index >= 15 is 4.39 Å². The van der Waals surface area contributed by atoms with E-state index < -0.39 is 5.67 Å². The molecule has 4 bridgehead atoms. The van der Waals surface area contributed by atoms with E-state index in [4.69, 9.17) is 4.99 Å². The Morgan fingerprint density at radius 2 is 2.04 bits per heavy atom. The molecule has 4 aliphatic carbocycles. The standard InChI is InChI=1S/C21H21FN4OS/c22-20-6-13-3-14(7-20)9-21(8-13,10-20)26-19-24-16(18(27)25-19)4-12-1-2-15-17(5-12)28-11-23-15/h1-2,4-5,11,13-14H,3,6-10H2,(H2,24,25,26,27)/b16-4-. The molecule has 2 N–H and O–H groups in total. The van der Waals surface area contributed by atoms with Gasteiger partial charge in [0.15, 0.2) is 0 Å². The molecule has 1 saturated heterocycles. The summed E-state index contributed by atoms with van der Waals surface area (Å²) in [5, 5.41) is 5.98. The van der Waals surface area contributed by atoms with Crippen molar-refractivity contribution in [3.05, 3.63) is 35.0 Å². The summed E-state index contributed by atoms with van der Waals surface area (Å²) >= 11 is 1.58. The van der Waals surface area contributed by atoms with E-state index in [-0.39, 0.29) is 11.4 Å². The second kappa shape index (κ2) is 5.63. The zero-order valence-electron chi connectivity index (χ0n) is 15.4. The molecular formula is C21H21FN4OS. The quantitative estimate of drug-likeness (QED) is 0.760. The molecule has 28 heavy (non-hydrogen) atoms. The lowest BCUT2D eigenvalue weighted by Crippen LogP contribution is -2.57. The first-order chi connectivity index (χ1) is 13.5. The van der Waals surface area contributed by atoms with Crippen molar-refractivity contribution in [3.63, 3.8) is 0 Å². The van der Waals surface area contributed by atoms with Gasteiger partial charge < -0.3 is 5.32 Å². The fraction of sp³-hybridized carbons (Fsp3) is 0.476. The van der Waals surface area contributed by atoms with Gasteiger partial charge >= 0.3 is 0 Å². The second-order valence-electron chi connectivity index (χ2n) is 9.01. The molecule has 7 rings (SSSR count). The van der Waals surface area contributed by atoms with Gasteiger partial charge in [0, 0.05) is 6.42 Å². The first-order valence-electron chi connectivity index (χ1n) is 9.90. The minimum absolute atomic E-state index is 0.192. The van der Waals surface area contributed by atoms with E-state index in [1.807, 2.05) is 29.8 Å². The number of hydrogen-bond donors (Lipinski definition) is 2. The number of benzene rings is 1. The molecule has 1 aliphatic heterocycles. The van der Waals surface area contributed by atoms with Crippen molar-refractivity contribution < 1.29 is 9.18 Å². The zero-order valence-corrected chi connectivity index (χ0v) is 16.2. The Balaban J connectivity index is 1.28. The molecule has 0 radical (unpaired) electrons. The van der Waals surface area contributed by atoms with Gasteiger partial charge in [-0.1, -0.05) is 6.07 Å². The number of carbonyl (C=O) groups is 1. The third-order valence-electron chi connectivity index (χ3n) is 6.70. The number of guanidine groups is 1. The predicted octanol–water partition coefficient (Wildman–Crippen LogP) is 3.77. The number of aromatic nitrogens is 1. The minimum atomic E-state index is -1.06. The van der Waals surface area contributed by atoms with Crippen molar-refractivity contribution >= 4 is 39.5 Å². The van der Waals surface area contributed by atoms with E-state index in [9.17, 15) is 4.79 Å². The molecule has 5 nitrogen and oxygen atoms in total. The highest BCUT2D eigenvalue weighted by Gasteiger charge is 2.58. The Morgan fingerprint density at radius 3 is 2.82 bits per heavy atom. The van der Waals surface area contributed by atoms with E-state index in [2.05, 4.69) is 15.6 Å². The lowest BCUT2D eigenvalue weighted by Gasteiger charge is -2.57. The Hall–Kier alpha value is -2.28. The van der Waals surface area contributed by atoms with E-state index in [1.165, 1.54) is 0 Å². The maximum atomic E-state index is 15.2. The molecule has 0 spiro atoms. The summed E-state index contributed by atoms with van der Waals surface area (Å²) in [7, 11) is 0. The minimum Gasteiger partial charge on any atom is -0.321 e. The predicted molar refractivity (Wildman–Crippen MR) is 108 cm³/mol. The number of fused-ring (bicyclic) bond motifs is 1. The molecule has 4 saturated carbocycles. The van der Waals surface area contributed by atoms with Crippen molar-refractivity contribution in [2.45, 2.75) is 49.7 Å². The molecular weight excluding hydrogens is 375 g/mol. The highest BCUT2D eigenvalue weighted by Crippen LogP contribution is 2.60. The molecule has 7 heteroatoms. The molecule has 2 unspecified atom stereocenters. The van der Waals surface area contributed by atoms with E-state index in [0.29, 0.717) is 42.8 Å². The number of nitrogens with one attached hydrogen (secondary N) is 2. The lowest BCUT2D eigenvalue weighted by atomic mass is 9.52. The Bertz CT molecular complexity index is 1040. The molecule has 5 aliphatic rings. The summed E-state index contributed by atoms with van der Waals surface area (Å²) in [6.07, 6.45) is 6.74. The van der Waals surface area contributed by atoms with Gasteiger partial charge in [-0.15, -0.1) is 11.3 Å². The van der Waals surface area contributed by atoms with Gasteiger partial charge in [0.25, 0.3) is 5.91 Å². The van der Waals surface area contributed by atoms with Crippen LogP contribution in [0.5, 0.6) is 0 Å². The van der Waals surface area contributed by atoms with Crippen molar-refractivity contribution in [1.29, 1.82) is 0 Å². The summed E-state index contributed by atoms with van der Waals surface area (Å²) in [5.41, 5.74) is 2.77. The summed E-state index contributed by atoms with van der Waals surface area (Å²) in [6.45, 7) is 0. The monoisotopic (exact) mass is 396 g/mol. The van der Waals surface area contributed by atoms with Crippen LogP contribution in [-0.2, 0) is 4.79 Å². The van der Waals surface area contributed by atoms with Gasteiger partial charge in [0.1, 0.15) is 11.4 Å². The van der Waals surface area contributed by atoms with E-state index in [1.54, 1.807) is 11.3 Å². The molecule has 2 heterocycles. The van der Waals surface area contributed by atoms with Crippen LogP contribution >= 0.6 is 11.3 Å². The molecule has 1 amide bonds. The topological polar surface area (TPSA) is 66.4 Å². The summed E-state index contributed by atoms with van der Waals surface area (Å²) in [6, 6.07) is 5.93. The second-order valence-corrected chi connectivity index (χ2v) is 9.90. The number of alkyl halides is 1. The molecule has 1 aromatic carbocycles. The third-order valence-corrected chi connectivity index (χ3v) is 7.50. The summed E-state index contributed by atoms with van der Waals surface area (Å²) in [5.74, 6) is 1.16. The fourth-order valence-corrected chi connectivity index (χ4v) is 6.87. The average molecular weight is 396 g/mol. The van der Waals surface area contributed by atoms with Gasteiger partial charge in [-0.05, 0) is 67.7 Å². The highest BCUT2D eigenvalue weighted by molar-refractivity contribution is 7.16. The van der Waals surface area contributed by atoms with Crippen LogP contribution in [0, 0.1) is 11.8 Å². The van der Waals surface area contributed by atoms with Gasteiger partial charge in [0.2, 0.25) is 5.96 Å². The van der Waals surface area contributed by atoms with Crippen LogP contribution in [0.2, 0.25) is 0 Å². The maximum Gasteiger partial charge on any atom is 0.274 e. The number of nitrogens with zero attached hydrogens (tertiary/aromatic N) is 2. The SMILES string of the molecule is O=C1NC(=NC23CC4CC(CC(F)(C4)C2)C3)N/C1=C\c1ccc2ncsc2c1. The van der Waals surface area contributed by atoms with Gasteiger partial charge in [-0.3, -0.25) is 10.1 Å². The first-order valence-corrected chi connectivity index (χ1v) is 10.8. The third kappa shape index (κ3) is 2.67. The van der Waals surface area contributed by atoms with Crippen molar-refractivity contribution in [1.82, 2.24) is 15.6 Å². The molecule has 5 fully saturated rings. The Labute approximate surface area is 166 Å². The van der Waals surface area contributed by atoms with Crippen LogP contribution in [0.1, 0.15) is 44.1 Å². The Morgan fingerprint density at radius 1 is 1.21 bits per heavy atom. The van der Waals surface area contributed by atoms with Crippen LogP contribution < -0.4 is 10.6 Å². The number of rotatable bonds is 2. The van der Waals surface area contributed by atoms with Crippen LogP contribution in [0.25, 0.3) is 16.3 Å². The van der Waals surface area contributed by atoms with Crippen molar-refractivity contribution in [2.75, 3.05) is 0 Å². The normalized spacial score (nSPS) is 39.1. The molecule has 2 atom stereocenters. The summed E-state index contributed by atoms with van der Waals surface area (Å²) < 4.78 is 16.2. The van der Waals surface area contributed by atoms with Crippen LogP contribution in [-0.4, -0.2) is 28.1 Å². The maximum absolute atomic E-state index is 15.2. The Kier molecular flexibility index (Phi) is 3.35. The molecule has 2 aromatic rings. The van der Waals surface area contributed by atoms with Crippen LogP contribution in [0.4, 0.5) is 4.39 Å². The number of carbonyl (C=O) groups excluding carboxylic acids is 1. The van der Waals surface area contributed by atoms with E-state index in [0.717, 1.165) is 35.0 Å². The van der Waals surface area contributed by atoms with Crippen LogP contribution in [0.15, 0.2) is 34.4 Å². The molecule has 144 valence electrons. The smallest absolute Gasteiger partial charge is 0.274 e. The van der Waals surface area contributed by atoms with Gasteiger partial charge in [0.05, 0.1) is 21.3 Å². The average Bonchev–Trinajstić information content (AvgIpc) is 3.18.